The van der Waals surface area contributed by atoms with Gasteiger partial charge >= 0.3 is 0 Å². The average Bonchev–Trinajstić information content (AvgIpc) is 3.01. The minimum absolute atomic E-state index is 0.140. The molecule has 2 fully saturated rings. The van der Waals surface area contributed by atoms with E-state index in [1.165, 1.54) is 0 Å². The van der Waals surface area contributed by atoms with Crippen LogP contribution >= 0.6 is 0 Å². The maximum Gasteiger partial charge on any atom is 0.239 e. The van der Waals surface area contributed by atoms with Gasteiger partial charge in [0.15, 0.2) is 0 Å². The Hall–Kier alpha value is -1.14. The SMILES string of the molecule is CC(NCCC(=O)N1CCOCC1)C(=O)N1CCCC1. The first-order chi connectivity index (χ1) is 9.68. The van der Waals surface area contributed by atoms with Crippen LogP contribution in [0.5, 0.6) is 0 Å². The number of hydrogen-bond donors (Lipinski definition) is 1. The number of hydrogen-bond acceptors (Lipinski definition) is 4. The summed E-state index contributed by atoms with van der Waals surface area (Å²) in [6, 6.07) is -0.203. The molecule has 1 unspecified atom stereocenters. The van der Waals surface area contributed by atoms with Crippen molar-refractivity contribution < 1.29 is 14.3 Å². The van der Waals surface area contributed by atoms with Crippen LogP contribution in [0, 0.1) is 0 Å². The highest BCUT2D eigenvalue weighted by Gasteiger charge is 2.23. The van der Waals surface area contributed by atoms with Crippen molar-refractivity contribution in [2.45, 2.75) is 32.2 Å². The van der Waals surface area contributed by atoms with Crippen molar-refractivity contribution >= 4 is 11.8 Å². The number of ether oxygens (including phenoxy) is 1. The minimum atomic E-state index is -0.203. The minimum Gasteiger partial charge on any atom is -0.378 e. The highest BCUT2D eigenvalue weighted by molar-refractivity contribution is 5.82. The first-order valence-electron chi connectivity index (χ1n) is 7.56. The topological polar surface area (TPSA) is 61.9 Å². The molecule has 0 bridgehead atoms. The summed E-state index contributed by atoms with van der Waals surface area (Å²) in [6.07, 6.45) is 2.65. The number of nitrogens with zero attached hydrogens (tertiary/aromatic N) is 2. The lowest BCUT2D eigenvalue weighted by Gasteiger charge is -2.27. The highest BCUT2D eigenvalue weighted by atomic mass is 16.5. The summed E-state index contributed by atoms with van der Waals surface area (Å²) in [4.78, 5) is 27.8. The molecule has 2 aliphatic rings. The Morgan fingerprint density at radius 3 is 2.40 bits per heavy atom. The highest BCUT2D eigenvalue weighted by Crippen LogP contribution is 2.09. The summed E-state index contributed by atoms with van der Waals surface area (Å²) in [7, 11) is 0. The average molecular weight is 283 g/mol. The molecule has 0 saturated carbocycles. The lowest BCUT2D eigenvalue weighted by molar-refractivity contribution is -0.136. The number of carbonyl (C=O) groups is 2. The predicted octanol–water partition coefficient (Wildman–Crippen LogP) is -0.164. The molecule has 2 amide bonds. The van der Waals surface area contributed by atoms with Crippen LogP contribution in [-0.2, 0) is 14.3 Å². The lowest BCUT2D eigenvalue weighted by atomic mass is 10.2. The van der Waals surface area contributed by atoms with Crippen molar-refractivity contribution in [3.63, 3.8) is 0 Å². The molecule has 2 rings (SSSR count). The maximum absolute atomic E-state index is 12.1. The Balaban J connectivity index is 1.64. The van der Waals surface area contributed by atoms with Gasteiger partial charge in [0.1, 0.15) is 0 Å². The molecule has 0 radical (unpaired) electrons. The summed E-state index contributed by atoms with van der Waals surface area (Å²) in [6.45, 7) is 6.79. The van der Waals surface area contributed by atoms with Crippen LogP contribution in [0.1, 0.15) is 26.2 Å². The molecular weight excluding hydrogens is 258 g/mol. The van der Waals surface area contributed by atoms with Gasteiger partial charge in [-0.3, -0.25) is 9.59 Å². The Morgan fingerprint density at radius 2 is 1.75 bits per heavy atom. The van der Waals surface area contributed by atoms with Crippen LogP contribution in [-0.4, -0.2) is 73.6 Å². The number of nitrogens with one attached hydrogen (secondary N) is 1. The van der Waals surface area contributed by atoms with Crippen molar-refractivity contribution in [2.75, 3.05) is 45.9 Å². The van der Waals surface area contributed by atoms with Gasteiger partial charge in [0.2, 0.25) is 11.8 Å². The van der Waals surface area contributed by atoms with Crippen LogP contribution in [0.15, 0.2) is 0 Å². The molecule has 0 aliphatic carbocycles. The fourth-order valence-corrected chi connectivity index (χ4v) is 2.67. The monoisotopic (exact) mass is 283 g/mol. The Kier molecular flexibility index (Phi) is 5.79. The number of likely N-dealkylation sites (tertiary alicyclic amines) is 1. The van der Waals surface area contributed by atoms with Crippen molar-refractivity contribution in [1.82, 2.24) is 15.1 Å². The summed E-state index contributed by atoms with van der Waals surface area (Å²) >= 11 is 0. The quantitative estimate of drug-likeness (QED) is 0.761. The molecule has 0 aromatic rings. The molecular formula is C14H25N3O3. The van der Waals surface area contributed by atoms with E-state index in [0.29, 0.717) is 39.3 Å². The Labute approximate surface area is 120 Å². The number of morpholine rings is 1. The van der Waals surface area contributed by atoms with Crippen LogP contribution in [0.3, 0.4) is 0 Å². The predicted molar refractivity (Wildman–Crippen MR) is 75.3 cm³/mol. The summed E-state index contributed by atoms with van der Waals surface area (Å²) in [5.41, 5.74) is 0. The number of amides is 2. The Morgan fingerprint density at radius 1 is 1.10 bits per heavy atom. The molecule has 1 N–H and O–H groups in total. The van der Waals surface area contributed by atoms with E-state index in [0.717, 1.165) is 25.9 Å². The van der Waals surface area contributed by atoms with Crippen molar-refractivity contribution in [3.8, 4) is 0 Å². The third kappa shape index (κ3) is 4.18. The van der Waals surface area contributed by atoms with Gasteiger partial charge in [0.05, 0.1) is 19.3 Å². The van der Waals surface area contributed by atoms with E-state index in [4.69, 9.17) is 4.74 Å². The molecule has 6 nitrogen and oxygen atoms in total. The second kappa shape index (κ2) is 7.59. The van der Waals surface area contributed by atoms with Crippen molar-refractivity contribution in [3.05, 3.63) is 0 Å². The van der Waals surface area contributed by atoms with Gasteiger partial charge in [-0.25, -0.2) is 0 Å². The molecule has 6 heteroatoms. The number of rotatable bonds is 5. The molecule has 2 heterocycles. The van der Waals surface area contributed by atoms with Crippen LogP contribution in [0.4, 0.5) is 0 Å². The van der Waals surface area contributed by atoms with Crippen LogP contribution < -0.4 is 5.32 Å². The van der Waals surface area contributed by atoms with Gasteiger partial charge in [-0.05, 0) is 19.8 Å². The first kappa shape index (κ1) is 15.3. The molecule has 0 aromatic heterocycles. The van der Waals surface area contributed by atoms with Crippen molar-refractivity contribution in [2.24, 2.45) is 0 Å². The standard InChI is InChI=1S/C14H25N3O3/c1-12(14(19)17-6-2-3-7-17)15-5-4-13(18)16-8-10-20-11-9-16/h12,15H,2-11H2,1H3. The van der Waals surface area contributed by atoms with E-state index in [1.54, 1.807) is 0 Å². The van der Waals surface area contributed by atoms with Gasteiger partial charge < -0.3 is 19.9 Å². The molecule has 2 aliphatic heterocycles. The van der Waals surface area contributed by atoms with Gasteiger partial charge in [-0.15, -0.1) is 0 Å². The summed E-state index contributed by atoms with van der Waals surface area (Å²) in [5.74, 6) is 0.294. The second-order valence-corrected chi connectivity index (χ2v) is 5.45. The largest absolute Gasteiger partial charge is 0.378 e. The fourth-order valence-electron chi connectivity index (χ4n) is 2.67. The molecule has 0 aromatic carbocycles. The van der Waals surface area contributed by atoms with E-state index in [-0.39, 0.29) is 17.9 Å². The van der Waals surface area contributed by atoms with Crippen LogP contribution in [0.2, 0.25) is 0 Å². The van der Waals surface area contributed by atoms with Gasteiger partial charge in [0, 0.05) is 39.1 Å². The van der Waals surface area contributed by atoms with E-state index in [9.17, 15) is 9.59 Å². The second-order valence-electron chi connectivity index (χ2n) is 5.45. The van der Waals surface area contributed by atoms with Gasteiger partial charge in [-0.2, -0.15) is 0 Å². The third-order valence-electron chi connectivity index (χ3n) is 3.94. The molecule has 20 heavy (non-hydrogen) atoms. The molecule has 2 saturated heterocycles. The summed E-state index contributed by atoms with van der Waals surface area (Å²) in [5, 5.41) is 3.16. The Bertz CT molecular complexity index is 337. The zero-order valence-electron chi connectivity index (χ0n) is 12.3. The first-order valence-corrected chi connectivity index (χ1v) is 7.56. The number of carbonyl (C=O) groups excluding carboxylic acids is 2. The molecule has 1 atom stereocenters. The zero-order valence-corrected chi connectivity index (χ0v) is 12.3. The smallest absolute Gasteiger partial charge is 0.239 e. The third-order valence-corrected chi connectivity index (χ3v) is 3.94. The molecule has 0 spiro atoms. The van der Waals surface area contributed by atoms with E-state index in [2.05, 4.69) is 5.32 Å². The lowest BCUT2D eigenvalue weighted by Crippen LogP contribution is -2.45. The van der Waals surface area contributed by atoms with E-state index >= 15 is 0 Å². The fraction of sp³-hybridized carbons (Fsp3) is 0.857. The summed E-state index contributed by atoms with van der Waals surface area (Å²) < 4.78 is 5.22. The zero-order chi connectivity index (χ0) is 14.4. The molecule has 114 valence electrons. The van der Waals surface area contributed by atoms with Crippen LogP contribution in [0.25, 0.3) is 0 Å². The van der Waals surface area contributed by atoms with Gasteiger partial charge in [0.25, 0.3) is 0 Å². The van der Waals surface area contributed by atoms with Gasteiger partial charge in [-0.1, -0.05) is 0 Å². The van der Waals surface area contributed by atoms with E-state index in [1.807, 2.05) is 16.7 Å². The normalized spacial score (nSPS) is 21.1. The van der Waals surface area contributed by atoms with E-state index < -0.39 is 0 Å². The van der Waals surface area contributed by atoms with Crippen molar-refractivity contribution in [1.29, 1.82) is 0 Å². The maximum atomic E-state index is 12.1.